The van der Waals surface area contributed by atoms with Gasteiger partial charge in [-0.05, 0) is 27.2 Å². The Balaban J connectivity index is 0.00000162. The monoisotopic (exact) mass is 278 g/mol. The van der Waals surface area contributed by atoms with Crippen molar-refractivity contribution >= 4 is 18.5 Å². The van der Waals surface area contributed by atoms with Crippen molar-refractivity contribution in [1.82, 2.24) is 10.2 Å². The molecule has 0 radical (unpaired) electrons. The van der Waals surface area contributed by atoms with Gasteiger partial charge in [-0.2, -0.15) is 0 Å². The predicted molar refractivity (Wildman–Crippen MR) is 71.2 cm³/mol. The average molecular weight is 279 g/mol. The molecule has 1 N–H and O–H groups in total. The van der Waals surface area contributed by atoms with Crippen LogP contribution in [-0.2, 0) is 9.47 Å². The minimum absolute atomic E-state index is 0. The van der Waals surface area contributed by atoms with Gasteiger partial charge in [0, 0.05) is 19.1 Å². The van der Waals surface area contributed by atoms with Gasteiger partial charge in [0.1, 0.15) is 5.60 Å². The second-order valence-electron chi connectivity index (χ2n) is 5.68. The van der Waals surface area contributed by atoms with E-state index in [0.717, 1.165) is 26.1 Å². The Morgan fingerprint density at radius 2 is 2.17 bits per heavy atom. The van der Waals surface area contributed by atoms with E-state index in [1.165, 1.54) is 0 Å². The van der Waals surface area contributed by atoms with Crippen molar-refractivity contribution < 1.29 is 14.3 Å². The second-order valence-corrected chi connectivity index (χ2v) is 5.68. The summed E-state index contributed by atoms with van der Waals surface area (Å²) in [5, 5.41) is 3.42. The highest BCUT2D eigenvalue weighted by Crippen LogP contribution is 2.19. The Kier molecular flexibility index (Phi) is 5.25. The molecule has 0 unspecified atom stereocenters. The second kappa shape index (κ2) is 6.08. The molecule has 2 fully saturated rings. The first-order valence-electron chi connectivity index (χ1n) is 6.28. The van der Waals surface area contributed by atoms with Crippen LogP contribution in [0.2, 0.25) is 0 Å². The number of carbonyl (C=O) groups excluding carboxylic acids is 1. The maximum atomic E-state index is 11.9. The van der Waals surface area contributed by atoms with Gasteiger partial charge < -0.3 is 19.7 Å². The highest BCUT2D eigenvalue weighted by Gasteiger charge is 2.35. The van der Waals surface area contributed by atoms with Crippen molar-refractivity contribution in [2.45, 2.75) is 44.9 Å². The van der Waals surface area contributed by atoms with Crippen molar-refractivity contribution in [3.8, 4) is 0 Å². The molecule has 5 nitrogen and oxygen atoms in total. The molecule has 0 bridgehead atoms. The van der Waals surface area contributed by atoms with E-state index in [-0.39, 0.29) is 24.6 Å². The molecule has 18 heavy (non-hydrogen) atoms. The van der Waals surface area contributed by atoms with Gasteiger partial charge in [0.15, 0.2) is 0 Å². The lowest BCUT2D eigenvalue weighted by Crippen LogP contribution is -2.59. The molecular formula is C12H23ClN2O3. The van der Waals surface area contributed by atoms with Crippen molar-refractivity contribution in [1.29, 1.82) is 0 Å². The number of rotatable bonds is 0. The van der Waals surface area contributed by atoms with Crippen molar-refractivity contribution in [2.24, 2.45) is 0 Å². The molecule has 6 heteroatoms. The topological polar surface area (TPSA) is 50.8 Å². The van der Waals surface area contributed by atoms with Gasteiger partial charge in [-0.15, -0.1) is 12.4 Å². The smallest absolute Gasteiger partial charge is 0.410 e. The molecule has 0 aromatic heterocycles. The Morgan fingerprint density at radius 3 is 2.83 bits per heavy atom. The van der Waals surface area contributed by atoms with Crippen LogP contribution in [0.4, 0.5) is 4.79 Å². The summed E-state index contributed by atoms with van der Waals surface area (Å²) in [5.41, 5.74) is -0.431. The fourth-order valence-corrected chi connectivity index (χ4v) is 2.27. The summed E-state index contributed by atoms with van der Waals surface area (Å²) in [6.07, 6.45) is 0.819. The van der Waals surface area contributed by atoms with Crippen LogP contribution in [0.5, 0.6) is 0 Å². The fraction of sp³-hybridized carbons (Fsp3) is 0.917. The van der Waals surface area contributed by atoms with Gasteiger partial charge in [-0.3, -0.25) is 0 Å². The van der Waals surface area contributed by atoms with Crippen molar-refractivity contribution in [3.63, 3.8) is 0 Å². The number of ether oxygens (including phenoxy) is 2. The van der Waals surface area contributed by atoms with Gasteiger partial charge in [0.05, 0.1) is 19.3 Å². The van der Waals surface area contributed by atoms with Gasteiger partial charge in [-0.1, -0.05) is 0 Å². The summed E-state index contributed by atoms with van der Waals surface area (Å²) in [7, 11) is 0. The zero-order valence-corrected chi connectivity index (χ0v) is 12.1. The van der Waals surface area contributed by atoms with E-state index in [2.05, 4.69) is 5.32 Å². The van der Waals surface area contributed by atoms with E-state index in [1.54, 1.807) is 4.90 Å². The molecule has 2 heterocycles. The summed E-state index contributed by atoms with van der Waals surface area (Å²) >= 11 is 0. The van der Waals surface area contributed by atoms with Gasteiger partial charge in [0.25, 0.3) is 0 Å². The zero-order valence-electron chi connectivity index (χ0n) is 11.3. The van der Waals surface area contributed by atoms with Gasteiger partial charge in [-0.25, -0.2) is 4.79 Å². The lowest BCUT2D eigenvalue weighted by Gasteiger charge is -2.41. The van der Waals surface area contributed by atoms with Crippen LogP contribution < -0.4 is 5.32 Å². The first-order valence-corrected chi connectivity index (χ1v) is 6.28. The Morgan fingerprint density at radius 1 is 1.44 bits per heavy atom. The maximum absolute atomic E-state index is 11.9. The van der Waals surface area contributed by atoms with E-state index in [9.17, 15) is 4.79 Å². The third-order valence-corrected chi connectivity index (χ3v) is 3.05. The number of carbonyl (C=O) groups is 1. The largest absolute Gasteiger partial charge is 0.444 e. The van der Waals surface area contributed by atoms with Crippen LogP contribution in [0, 0.1) is 0 Å². The maximum Gasteiger partial charge on any atom is 0.410 e. The fourth-order valence-electron chi connectivity index (χ4n) is 2.27. The number of amides is 1. The summed E-state index contributed by atoms with van der Waals surface area (Å²) in [6, 6.07) is 0.391. The number of hydrogen-bond donors (Lipinski definition) is 1. The zero-order chi connectivity index (χ0) is 12.5. The molecule has 2 atom stereocenters. The third-order valence-electron chi connectivity index (χ3n) is 3.05. The quantitative estimate of drug-likeness (QED) is 0.728. The summed E-state index contributed by atoms with van der Waals surface area (Å²) < 4.78 is 11.0. The summed E-state index contributed by atoms with van der Waals surface area (Å²) in [6.45, 7) is 8.67. The average Bonchev–Trinajstić information content (AvgIpc) is 2.26. The first-order chi connectivity index (χ1) is 7.96. The van der Waals surface area contributed by atoms with E-state index in [4.69, 9.17) is 9.47 Å². The third kappa shape index (κ3) is 4.00. The number of morpholine rings is 1. The summed E-state index contributed by atoms with van der Waals surface area (Å²) in [5.74, 6) is 0. The molecule has 1 amide bonds. The highest BCUT2D eigenvalue weighted by molar-refractivity contribution is 5.85. The molecule has 0 aromatic carbocycles. The van der Waals surface area contributed by atoms with Crippen LogP contribution in [0.1, 0.15) is 27.2 Å². The number of halogens is 1. The molecular weight excluding hydrogens is 256 g/mol. The standard InChI is InChI=1S/C12H22N2O3.ClH/c1-12(2,3)17-11(15)14-6-4-9-10(8-14)16-7-5-13-9;/h9-10,13H,4-8H2,1-3H3;1H/t9-,10-;/m1./s1. The van der Waals surface area contributed by atoms with E-state index < -0.39 is 5.60 Å². The molecule has 0 spiro atoms. The molecule has 0 aliphatic carbocycles. The minimum atomic E-state index is -0.431. The van der Waals surface area contributed by atoms with Crippen molar-refractivity contribution in [2.75, 3.05) is 26.2 Å². The Bertz CT molecular complexity index is 294. The van der Waals surface area contributed by atoms with E-state index in [0.29, 0.717) is 12.6 Å². The van der Waals surface area contributed by atoms with E-state index in [1.807, 2.05) is 20.8 Å². The molecule has 2 rings (SSSR count). The molecule has 2 aliphatic heterocycles. The van der Waals surface area contributed by atoms with Crippen LogP contribution in [0.15, 0.2) is 0 Å². The number of nitrogens with zero attached hydrogens (tertiary/aromatic N) is 1. The van der Waals surface area contributed by atoms with Crippen LogP contribution in [0.25, 0.3) is 0 Å². The van der Waals surface area contributed by atoms with Crippen LogP contribution in [0.3, 0.4) is 0 Å². The number of piperidine rings is 1. The Labute approximate surface area is 115 Å². The van der Waals surface area contributed by atoms with Crippen molar-refractivity contribution in [3.05, 3.63) is 0 Å². The number of hydrogen-bond acceptors (Lipinski definition) is 4. The lowest BCUT2D eigenvalue weighted by atomic mass is 10.0. The predicted octanol–water partition coefficient (Wildman–Crippen LogP) is 1.41. The number of nitrogens with one attached hydrogen (secondary N) is 1. The number of fused-ring (bicyclic) bond motifs is 1. The molecule has 2 aliphatic rings. The molecule has 0 aromatic rings. The van der Waals surface area contributed by atoms with E-state index >= 15 is 0 Å². The minimum Gasteiger partial charge on any atom is -0.444 e. The summed E-state index contributed by atoms with van der Waals surface area (Å²) in [4.78, 5) is 13.7. The molecule has 106 valence electrons. The van der Waals surface area contributed by atoms with Crippen LogP contribution >= 0.6 is 12.4 Å². The normalized spacial score (nSPS) is 28.1. The first kappa shape index (κ1) is 15.5. The molecule has 2 saturated heterocycles. The SMILES string of the molecule is CC(C)(C)OC(=O)N1CC[C@H]2NCCO[C@@H]2C1.Cl. The van der Waals surface area contributed by atoms with Gasteiger partial charge >= 0.3 is 6.09 Å². The Hall–Kier alpha value is -0.520. The highest BCUT2D eigenvalue weighted by atomic mass is 35.5. The number of likely N-dealkylation sites (tertiary alicyclic amines) is 1. The lowest BCUT2D eigenvalue weighted by molar-refractivity contribution is -0.0532. The van der Waals surface area contributed by atoms with Crippen LogP contribution in [-0.4, -0.2) is 55.0 Å². The van der Waals surface area contributed by atoms with Gasteiger partial charge in [0.2, 0.25) is 0 Å². The molecule has 0 saturated carbocycles.